The number of nitrogens with one attached hydrogen (secondary N) is 2. The fraction of sp³-hybridized carbons (Fsp3) is 0.222. The lowest BCUT2D eigenvalue weighted by molar-refractivity contribution is 0.501. The molecule has 2 aromatic heterocycles. The Morgan fingerprint density at radius 1 is 1.32 bits per heavy atom. The summed E-state index contributed by atoms with van der Waals surface area (Å²) in [6.45, 7) is 3.63. The first-order valence-corrected chi connectivity index (χ1v) is 8.07. The van der Waals surface area contributed by atoms with Gasteiger partial charge in [-0.25, -0.2) is 14.4 Å². The van der Waals surface area contributed by atoms with Crippen LogP contribution in [0.3, 0.4) is 0 Å². The average Bonchev–Trinajstić information content (AvgIpc) is 3.31. The van der Waals surface area contributed by atoms with Gasteiger partial charge in [-0.3, -0.25) is 0 Å². The molecule has 1 aromatic carbocycles. The van der Waals surface area contributed by atoms with Gasteiger partial charge in [0.1, 0.15) is 11.6 Å². The van der Waals surface area contributed by atoms with E-state index < -0.39 is 0 Å². The third-order valence-electron chi connectivity index (χ3n) is 3.57. The lowest BCUT2D eigenvalue weighted by atomic mass is 10.2. The molecule has 0 aliphatic rings. The predicted octanol–water partition coefficient (Wildman–Crippen LogP) is 2.86. The van der Waals surface area contributed by atoms with Crippen LogP contribution in [-0.4, -0.2) is 22.1 Å². The number of aliphatic imine (C=N–C) groups is 1. The highest BCUT2D eigenvalue weighted by Crippen LogP contribution is 2.15. The first-order chi connectivity index (χ1) is 12.3. The zero-order valence-corrected chi connectivity index (χ0v) is 13.9. The van der Waals surface area contributed by atoms with Gasteiger partial charge < -0.3 is 19.6 Å². The fourth-order valence-corrected chi connectivity index (χ4v) is 2.36. The summed E-state index contributed by atoms with van der Waals surface area (Å²) in [5, 5.41) is 6.34. The molecule has 0 unspecified atom stereocenters. The Balaban J connectivity index is 1.66. The molecule has 0 aliphatic heterocycles. The number of halogens is 1. The smallest absolute Gasteiger partial charge is 0.191 e. The highest BCUT2D eigenvalue weighted by molar-refractivity contribution is 5.79. The summed E-state index contributed by atoms with van der Waals surface area (Å²) in [7, 11) is 0. The van der Waals surface area contributed by atoms with Crippen molar-refractivity contribution in [2.24, 2.45) is 4.99 Å². The van der Waals surface area contributed by atoms with Crippen molar-refractivity contribution in [3.63, 3.8) is 0 Å². The van der Waals surface area contributed by atoms with Crippen molar-refractivity contribution in [2.75, 3.05) is 6.54 Å². The minimum atomic E-state index is -0.306. The first kappa shape index (κ1) is 16.8. The Hall–Kier alpha value is -3.09. The van der Waals surface area contributed by atoms with Gasteiger partial charge >= 0.3 is 0 Å². The van der Waals surface area contributed by atoms with Crippen LogP contribution in [0.4, 0.5) is 4.39 Å². The van der Waals surface area contributed by atoms with E-state index in [1.54, 1.807) is 35.6 Å². The summed E-state index contributed by atoms with van der Waals surface area (Å²) in [6.07, 6.45) is 6.52. The van der Waals surface area contributed by atoms with Crippen molar-refractivity contribution in [1.82, 2.24) is 20.2 Å². The molecule has 25 heavy (non-hydrogen) atoms. The number of guanidine groups is 1. The molecule has 3 aromatic rings. The number of benzene rings is 1. The molecular formula is C18H20FN5O. The topological polar surface area (TPSA) is 67.4 Å². The third-order valence-corrected chi connectivity index (χ3v) is 3.57. The summed E-state index contributed by atoms with van der Waals surface area (Å²) >= 11 is 0. The molecule has 3 rings (SSSR count). The molecule has 2 N–H and O–H groups in total. The van der Waals surface area contributed by atoms with E-state index in [0.29, 0.717) is 24.7 Å². The predicted molar refractivity (Wildman–Crippen MR) is 93.9 cm³/mol. The van der Waals surface area contributed by atoms with Gasteiger partial charge in [0.25, 0.3) is 0 Å². The summed E-state index contributed by atoms with van der Waals surface area (Å²) in [6, 6.07) is 8.81. The van der Waals surface area contributed by atoms with Crippen LogP contribution < -0.4 is 10.6 Å². The normalized spacial score (nSPS) is 11.5. The molecule has 0 fully saturated rings. The molecule has 0 aliphatic carbocycles. The number of imidazole rings is 1. The monoisotopic (exact) mass is 341 g/mol. The van der Waals surface area contributed by atoms with E-state index in [1.165, 1.54) is 6.07 Å². The van der Waals surface area contributed by atoms with Crippen LogP contribution >= 0.6 is 0 Å². The highest BCUT2D eigenvalue weighted by atomic mass is 19.1. The molecule has 0 spiro atoms. The van der Waals surface area contributed by atoms with Crippen molar-refractivity contribution in [2.45, 2.75) is 20.0 Å². The molecule has 0 radical (unpaired) electrons. The van der Waals surface area contributed by atoms with Crippen molar-refractivity contribution < 1.29 is 8.81 Å². The number of hydrogen-bond donors (Lipinski definition) is 2. The minimum Gasteiger partial charge on any atom is -0.467 e. The maximum Gasteiger partial charge on any atom is 0.191 e. The van der Waals surface area contributed by atoms with Gasteiger partial charge in [0, 0.05) is 18.9 Å². The van der Waals surface area contributed by atoms with Crippen LogP contribution in [0.1, 0.15) is 18.2 Å². The fourth-order valence-electron chi connectivity index (χ4n) is 2.36. The molecule has 2 heterocycles. The van der Waals surface area contributed by atoms with E-state index in [0.717, 1.165) is 17.9 Å². The molecule has 130 valence electrons. The van der Waals surface area contributed by atoms with E-state index in [1.807, 2.05) is 25.1 Å². The number of hydrogen-bond acceptors (Lipinski definition) is 3. The minimum absolute atomic E-state index is 0.306. The Morgan fingerprint density at radius 2 is 2.24 bits per heavy atom. The van der Waals surface area contributed by atoms with Gasteiger partial charge in [-0.15, -0.1) is 0 Å². The molecule has 0 bridgehead atoms. The highest BCUT2D eigenvalue weighted by Gasteiger charge is 2.06. The van der Waals surface area contributed by atoms with E-state index in [4.69, 9.17) is 4.42 Å². The molecule has 7 heteroatoms. The summed E-state index contributed by atoms with van der Waals surface area (Å²) < 4.78 is 21.2. The van der Waals surface area contributed by atoms with Crippen LogP contribution in [0.25, 0.3) is 5.69 Å². The molecule has 0 saturated carbocycles. The van der Waals surface area contributed by atoms with Crippen molar-refractivity contribution in [3.8, 4) is 5.69 Å². The Labute approximate surface area is 145 Å². The lowest BCUT2D eigenvalue weighted by Gasteiger charge is -2.10. The van der Waals surface area contributed by atoms with Gasteiger partial charge in [-0.1, -0.05) is 6.07 Å². The van der Waals surface area contributed by atoms with E-state index >= 15 is 0 Å². The molecule has 0 amide bonds. The average molecular weight is 341 g/mol. The second-order valence-electron chi connectivity index (χ2n) is 5.38. The van der Waals surface area contributed by atoms with Crippen LogP contribution in [0.2, 0.25) is 0 Å². The van der Waals surface area contributed by atoms with Gasteiger partial charge in [0.15, 0.2) is 5.96 Å². The van der Waals surface area contributed by atoms with Crippen LogP contribution in [-0.2, 0) is 13.1 Å². The number of nitrogens with zero attached hydrogens (tertiary/aromatic N) is 3. The quantitative estimate of drug-likeness (QED) is 0.534. The number of aromatic nitrogens is 2. The van der Waals surface area contributed by atoms with Gasteiger partial charge in [-0.05, 0) is 36.8 Å². The maximum atomic E-state index is 14.3. The van der Waals surface area contributed by atoms with E-state index in [9.17, 15) is 4.39 Å². The van der Waals surface area contributed by atoms with Gasteiger partial charge in [0.2, 0.25) is 0 Å². The molecule has 0 atom stereocenters. The van der Waals surface area contributed by atoms with E-state index in [-0.39, 0.29) is 5.82 Å². The van der Waals surface area contributed by atoms with Crippen LogP contribution in [0, 0.1) is 5.82 Å². The summed E-state index contributed by atoms with van der Waals surface area (Å²) in [4.78, 5) is 8.42. The Kier molecular flexibility index (Phi) is 5.46. The van der Waals surface area contributed by atoms with Crippen LogP contribution in [0.5, 0.6) is 0 Å². The zero-order chi connectivity index (χ0) is 17.5. The van der Waals surface area contributed by atoms with Crippen LogP contribution in [0.15, 0.2) is 64.7 Å². The van der Waals surface area contributed by atoms with Crippen molar-refractivity contribution >= 4 is 5.96 Å². The lowest BCUT2D eigenvalue weighted by Crippen LogP contribution is -2.36. The Bertz CT molecular complexity index is 812. The second-order valence-corrected chi connectivity index (χ2v) is 5.38. The zero-order valence-electron chi connectivity index (χ0n) is 13.9. The maximum absolute atomic E-state index is 14.3. The molecule has 0 saturated heterocycles. The standard InChI is InChI=1S/C18H20FN5O/c1-2-21-18(23-12-15-4-3-9-25-15)22-11-14-5-6-17(16(19)10-14)24-8-7-20-13-24/h3-10,13H,2,11-12H2,1H3,(H2,21,22,23). The number of rotatable bonds is 6. The van der Waals surface area contributed by atoms with Crippen molar-refractivity contribution in [3.05, 3.63) is 72.5 Å². The van der Waals surface area contributed by atoms with E-state index in [2.05, 4.69) is 20.6 Å². The van der Waals surface area contributed by atoms with Crippen molar-refractivity contribution in [1.29, 1.82) is 0 Å². The third kappa shape index (κ3) is 4.47. The Morgan fingerprint density at radius 3 is 2.92 bits per heavy atom. The first-order valence-electron chi connectivity index (χ1n) is 8.07. The molecular weight excluding hydrogens is 321 g/mol. The summed E-state index contributed by atoms with van der Waals surface area (Å²) in [5.41, 5.74) is 1.25. The van der Waals surface area contributed by atoms with Gasteiger partial charge in [0.05, 0.1) is 31.4 Å². The number of furan rings is 1. The van der Waals surface area contributed by atoms with Gasteiger partial charge in [-0.2, -0.15) is 0 Å². The molecule has 6 nitrogen and oxygen atoms in total. The SMILES string of the molecule is CCNC(=NCc1ccc(-n2ccnc2)c(F)c1)NCc1ccco1. The second kappa shape index (κ2) is 8.14. The summed E-state index contributed by atoms with van der Waals surface area (Å²) in [5.74, 6) is 1.17. The largest absolute Gasteiger partial charge is 0.467 e.